The normalized spacial score (nSPS) is 24.2. The minimum Gasteiger partial charge on any atom is -0.377 e. The Morgan fingerprint density at radius 3 is 3.00 bits per heavy atom. The average molecular weight is 251 g/mol. The summed E-state index contributed by atoms with van der Waals surface area (Å²) in [5.41, 5.74) is 0.683. The molecule has 2 N–H and O–H groups in total. The first-order chi connectivity index (χ1) is 8.48. The van der Waals surface area contributed by atoms with Gasteiger partial charge in [-0.2, -0.15) is 5.10 Å². The Labute approximate surface area is 107 Å². The Kier molecular flexibility index (Phi) is 3.71. The monoisotopic (exact) mass is 251 g/mol. The molecule has 1 aliphatic rings. The number of amides is 1. The molecule has 0 bridgehead atoms. The second-order valence-corrected chi connectivity index (χ2v) is 5.90. The first kappa shape index (κ1) is 13.1. The molecule has 5 heteroatoms. The van der Waals surface area contributed by atoms with E-state index in [0.29, 0.717) is 18.0 Å². The minimum atomic E-state index is -0.0803. The fraction of sp³-hybridized carbons (Fsp3) is 0.692. The van der Waals surface area contributed by atoms with Gasteiger partial charge >= 0.3 is 0 Å². The highest BCUT2D eigenvalue weighted by Crippen LogP contribution is 2.34. The molecule has 0 unspecified atom stereocenters. The summed E-state index contributed by atoms with van der Waals surface area (Å²) in [6, 6.07) is 0. The maximum absolute atomic E-state index is 11.8. The van der Waals surface area contributed by atoms with Gasteiger partial charge in [-0.3, -0.25) is 9.89 Å². The van der Waals surface area contributed by atoms with Crippen molar-refractivity contribution < 1.29 is 9.53 Å². The highest BCUT2D eigenvalue weighted by Gasteiger charge is 2.37. The van der Waals surface area contributed by atoms with Crippen molar-refractivity contribution in [2.45, 2.75) is 33.3 Å². The van der Waals surface area contributed by atoms with Crippen molar-refractivity contribution in [3.63, 3.8) is 0 Å². The first-order valence-corrected chi connectivity index (χ1v) is 6.37. The summed E-state index contributed by atoms with van der Waals surface area (Å²) in [5, 5.41) is 9.35. The van der Waals surface area contributed by atoms with Crippen LogP contribution in [-0.4, -0.2) is 35.4 Å². The number of hydrogen-bond acceptors (Lipinski definition) is 3. The molecule has 1 amide bonds. The molecule has 0 aromatic carbocycles. The van der Waals surface area contributed by atoms with E-state index in [9.17, 15) is 4.79 Å². The van der Waals surface area contributed by atoms with Crippen LogP contribution in [0.2, 0.25) is 0 Å². The van der Waals surface area contributed by atoms with Crippen molar-refractivity contribution in [3.05, 3.63) is 18.0 Å². The van der Waals surface area contributed by atoms with Crippen LogP contribution in [0, 0.1) is 11.3 Å². The summed E-state index contributed by atoms with van der Waals surface area (Å²) in [6.07, 6.45) is 4.35. The summed E-state index contributed by atoms with van der Waals surface area (Å²) in [5.74, 6) is 0.309. The molecular formula is C13H21N3O2. The summed E-state index contributed by atoms with van der Waals surface area (Å²) < 4.78 is 5.78. The maximum Gasteiger partial charge on any atom is 0.254 e. The quantitative estimate of drug-likeness (QED) is 0.857. The van der Waals surface area contributed by atoms with Crippen LogP contribution in [0.5, 0.6) is 0 Å². The Hall–Kier alpha value is -1.36. The van der Waals surface area contributed by atoms with E-state index >= 15 is 0 Å². The zero-order valence-electron chi connectivity index (χ0n) is 11.2. The van der Waals surface area contributed by atoms with Gasteiger partial charge in [-0.15, -0.1) is 0 Å². The Morgan fingerprint density at radius 2 is 2.39 bits per heavy atom. The molecule has 1 saturated heterocycles. The van der Waals surface area contributed by atoms with E-state index in [0.717, 1.165) is 13.0 Å². The lowest BCUT2D eigenvalue weighted by molar-refractivity contribution is 0.00737. The van der Waals surface area contributed by atoms with Crippen molar-refractivity contribution >= 4 is 5.91 Å². The molecule has 18 heavy (non-hydrogen) atoms. The van der Waals surface area contributed by atoms with Gasteiger partial charge in [-0.1, -0.05) is 20.8 Å². The zero-order valence-corrected chi connectivity index (χ0v) is 11.2. The topological polar surface area (TPSA) is 67.0 Å². The molecular weight excluding hydrogens is 230 g/mol. The number of carbonyl (C=O) groups is 1. The number of nitrogens with one attached hydrogen (secondary N) is 2. The number of nitrogens with zero attached hydrogens (tertiary/aromatic N) is 1. The van der Waals surface area contributed by atoms with Gasteiger partial charge in [0.2, 0.25) is 0 Å². The third kappa shape index (κ3) is 2.90. The van der Waals surface area contributed by atoms with Crippen molar-refractivity contribution in [2.75, 3.05) is 13.2 Å². The average Bonchev–Trinajstić information content (AvgIpc) is 2.95. The number of rotatable bonds is 3. The molecule has 0 saturated carbocycles. The second kappa shape index (κ2) is 5.10. The predicted octanol–water partition coefficient (Wildman–Crippen LogP) is 1.59. The Bertz CT molecular complexity index is 395. The molecule has 100 valence electrons. The minimum absolute atomic E-state index is 0.0803. The van der Waals surface area contributed by atoms with Gasteiger partial charge in [0, 0.05) is 25.3 Å². The van der Waals surface area contributed by atoms with Crippen LogP contribution in [0.15, 0.2) is 12.4 Å². The van der Waals surface area contributed by atoms with E-state index in [4.69, 9.17) is 4.74 Å². The van der Waals surface area contributed by atoms with Crippen LogP contribution < -0.4 is 5.32 Å². The zero-order chi connectivity index (χ0) is 13.2. The Balaban J connectivity index is 1.88. The van der Waals surface area contributed by atoms with E-state index in [-0.39, 0.29) is 17.4 Å². The molecule has 0 spiro atoms. The van der Waals surface area contributed by atoms with Gasteiger partial charge in [0.25, 0.3) is 5.91 Å². The van der Waals surface area contributed by atoms with Crippen molar-refractivity contribution in [1.82, 2.24) is 15.5 Å². The summed E-state index contributed by atoms with van der Waals surface area (Å²) in [4.78, 5) is 11.8. The lowest BCUT2D eigenvalue weighted by Crippen LogP contribution is -2.38. The molecule has 0 aliphatic carbocycles. The van der Waals surface area contributed by atoms with Gasteiger partial charge in [-0.25, -0.2) is 0 Å². The molecule has 2 rings (SSSR count). The number of hydrogen-bond donors (Lipinski definition) is 2. The Morgan fingerprint density at radius 1 is 1.61 bits per heavy atom. The highest BCUT2D eigenvalue weighted by atomic mass is 16.5. The smallest absolute Gasteiger partial charge is 0.254 e. The van der Waals surface area contributed by atoms with Gasteiger partial charge in [0.1, 0.15) is 0 Å². The van der Waals surface area contributed by atoms with Crippen LogP contribution in [-0.2, 0) is 4.74 Å². The number of aromatic amines is 1. The molecule has 1 aromatic rings. The van der Waals surface area contributed by atoms with Crippen LogP contribution >= 0.6 is 0 Å². The van der Waals surface area contributed by atoms with E-state index < -0.39 is 0 Å². The third-order valence-corrected chi connectivity index (χ3v) is 3.35. The third-order valence-electron chi connectivity index (χ3n) is 3.35. The van der Waals surface area contributed by atoms with Crippen molar-refractivity contribution in [1.29, 1.82) is 0 Å². The van der Waals surface area contributed by atoms with Gasteiger partial charge in [0.05, 0.1) is 17.9 Å². The summed E-state index contributed by atoms with van der Waals surface area (Å²) in [6.45, 7) is 7.97. The predicted molar refractivity (Wildman–Crippen MR) is 68.2 cm³/mol. The fourth-order valence-corrected chi connectivity index (χ4v) is 2.50. The number of ether oxygens (including phenoxy) is 1. The van der Waals surface area contributed by atoms with E-state index in [1.165, 1.54) is 6.20 Å². The van der Waals surface area contributed by atoms with E-state index in [1.54, 1.807) is 6.20 Å². The summed E-state index contributed by atoms with van der Waals surface area (Å²) in [7, 11) is 0. The highest BCUT2D eigenvalue weighted by molar-refractivity contribution is 5.93. The van der Waals surface area contributed by atoms with Gasteiger partial charge in [0.15, 0.2) is 0 Å². The second-order valence-electron chi connectivity index (χ2n) is 5.90. The van der Waals surface area contributed by atoms with E-state index in [2.05, 4.69) is 36.3 Å². The lowest BCUT2D eigenvalue weighted by Gasteiger charge is -2.31. The molecule has 5 nitrogen and oxygen atoms in total. The molecule has 1 aromatic heterocycles. The fourth-order valence-electron chi connectivity index (χ4n) is 2.50. The number of aromatic nitrogens is 2. The van der Waals surface area contributed by atoms with Gasteiger partial charge < -0.3 is 10.1 Å². The van der Waals surface area contributed by atoms with E-state index in [1.807, 2.05) is 0 Å². The standard InChI is InChI=1S/C13H21N3O2/c1-13(2,3)11-9(4-5-18-11)6-14-12(17)10-7-15-16-8-10/h7-9,11H,4-6H2,1-3H3,(H,14,17)(H,15,16)/t9-,11+/m1/s1. The SMILES string of the molecule is CC(C)(C)[C@H]1OCC[C@@H]1CNC(=O)c1cn[nH]c1. The number of H-pyrrole nitrogens is 1. The van der Waals surface area contributed by atoms with Gasteiger partial charge in [-0.05, 0) is 11.8 Å². The summed E-state index contributed by atoms with van der Waals surface area (Å²) >= 11 is 0. The maximum atomic E-state index is 11.8. The largest absolute Gasteiger partial charge is 0.377 e. The van der Waals surface area contributed by atoms with Crippen LogP contribution in [0.25, 0.3) is 0 Å². The van der Waals surface area contributed by atoms with Crippen LogP contribution in [0.4, 0.5) is 0 Å². The molecule has 0 radical (unpaired) electrons. The lowest BCUT2D eigenvalue weighted by atomic mass is 9.81. The molecule has 1 fully saturated rings. The number of carbonyl (C=O) groups excluding carboxylic acids is 1. The van der Waals surface area contributed by atoms with Crippen molar-refractivity contribution in [2.24, 2.45) is 11.3 Å². The van der Waals surface area contributed by atoms with Crippen molar-refractivity contribution in [3.8, 4) is 0 Å². The van der Waals surface area contributed by atoms with Crippen LogP contribution in [0.3, 0.4) is 0 Å². The molecule has 2 heterocycles. The molecule has 1 aliphatic heterocycles. The van der Waals surface area contributed by atoms with Crippen LogP contribution in [0.1, 0.15) is 37.6 Å². The molecule has 2 atom stereocenters. The first-order valence-electron chi connectivity index (χ1n) is 6.37.